The van der Waals surface area contributed by atoms with Crippen molar-refractivity contribution in [3.8, 4) is 0 Å². The zero-order valence-corrected chi connectivity index (χ0v) is 26.8. The average molecular weight is 570 g/mol. The summed E-state index contributed by atoms with van der Waals surface area (Å²) in [6.07, 6.45) is 0. The van der Waals surface area contributed by atoms with Crippen molar-refractivity contribution in [3.63, 3.8) is 0 Å². The third-order valence-corrected chi connectivity index (χ3v) is 9.70. The van der Waals surface area contributed by atoms with E-state index in [1.165, 1.54) is 13.8 Å². The standard InChI is InChI=1S/C4H17N2O16P5.3Na/c1-3-15-25(12,16-4-2)21-27(14,18-6)22-26(13,17-5)20-24(10,11)19-23(7,8)9;;;/h3-6H2,1-2H3,(H,10,11)(H2,7,8,9);;;/q;3*+1/p-3. The SMILES string of the molecule is CCOP(=O)(OCC)OP(=O)(ON)OP(=O)(ON)OP(=O)([O-])OP(=O)([O-])[O-].[Na+].[Na+].[Na+]. The van der Waals surface area contributed by atoms with E-state index in [2.05, 4.69) is 47.3 Å². The van der Waals surface area contributed by atoms with Crippen molar-refractivity contribution in [2.24, 2.45) is 11.8 Å². The van der Waals surface area contributed by atoms with Crippen molar-refractivity contribution in [2.45, 2.75) is 13.8 Å². The van der Waals surface area contributed by atoms with Crippen molar-refractivity contribution >= 4 is 39.1 Å². The molecule has 0 saturated carbocycles. The predicted molar refractivity (Wildman–Crippen MR) is 76.2 cm³/mol. The molecule has 0 aromatic heterocycles. The fourth-order valence-electron chi connectivity index (χ4n) is 1.01. The van der Waals surface area contributed by atoms with Gasteiger partial charge in [-0.25, -0.2) is 39.0 Å². The number of hydrogen-bond acceptors (Lipinski definition) is 18. The van der Waals surface area contributed by atoms with Crippen LogP contribution in [0.3, 0.4) is 0 Å². The molecule has 0 heterocycles. The second kappa shape index (κ2) is 17.1. The molecule has 0 fully saturated rings. The van der Waals surface area contributed by atoms with Gasteiger partial charge in [-0.1, -0.05) is 0 Å². The predicted octanol–water partition coefficient (Wildman–Crippen LogP) is -9.46. The first-order valence-corrected chi connectivity index (χ1v) is 13.4. The van der Waals surface area contributed by atoms with Gasteiger partial charge in [0.15, 0.2) is 0 Å². The molecular weight excluding hydrogens is 556 g/mol. The summed E-state index contributed by atoms with van der Waals surface area (Å²) >= 11 is 0. The maximum atomic E-state index is 12.2. The van der Waals surface area contributed by atoms with Crippen LogP contribution in [0, 0.1) is 0 Å². The number of rotatable bonds is 14. The van der Waals surface area contributed by atoms with Gasteiger partial charge in [-0.2, -0.15) is 8.62 Å². The van der Waals surface area contributed by atoms with Crippen LogP contribution in [-0.4, -0.2) is 13.2 Å². The second-order valence-corrected chi connectivity index (χ2v) is 11.6. The fourth-order valence-corrected chi connectivity index (χ4v) is 7.79. The monoisotopic (exact) mass is 570 g/mol. The van der Waals surface area contributed by atoms with Gasteiger partial charge in [-0.15, -0.1) is 0 Å². The molecule has 3 atom stereocenters. The Hall–Kier alpha value is 3.63. The average Bonchev–Trinajstić information content (AvgIpc) is 2.43. The van der Waals surface area contributed by atoms with E-state index in [4.69, 9.17) is 0 Å². The zero-order chi connectivity index (χ0) is 21.6. The van der Waals surface area contributed by atoms with Gasteiger partial charge in [-0.3, -0.25) is 17.9 Å². The van der Waals surface area contributed by atoms with Crippen LogP contribution in [0.1, 0.15) is 13.8 Å². The maximum absolute atomic E-state index is 12.2. The number of nitrogens with two attached hydrogens (primary N) is 2. The number of hydrogen-bond donors (Lipinski definition) is 2. The minimum absolute atomic E-state index is 0. The largest absolute Gasteiger partial charge is 1.00 e. The Labute approximate surface area is 237 Å². The van der Waals surface area contributed by atoms with Crippen LogP contribution in [0.15, 0.2) is 0 Å². The van der Waals surface area contributed by atoms with E-state index < -0.39 is 39.1 Å². The summed E-state index contributed by atoms with van der Waals surface area (Å²) in [7, 11) is -28.5. The van der Waals surface area contributed by atoms with Crippen LogP contribution in [0.2, 0.25) is 0 Å². The minimum Gasteiger partial charge on any atom is -0.790 e. The van der Waals surface area contributed by atoms with Gasteiger partial charge in [0.05, 0.1) is 21.0 Å². The van der Waals surface area contributed by atoms with Crippen LogP contribution in [0.4, 0.5) is 0 Å². The molecule has 0 spiro atoms. The number of phosphoric acid groups is 5. The normalized spacial score (nSPS) is 17.8. The quantitative estimate of drug-likeness (QED) is 0.111. The Balaban J connectivity index is -0.00000113. The van der Waals surface area contributed by atoms with Crippen LogP contribution in [0.25, 0.3) is 0 Å². The molecule has 0 aromatic rings. The van der Waals surface area contributed by atoms with E-state index in [0.717, 1.165) is 0 Å². The first-order valence-electron chi connectivity index (χ1n) is 6.11. The summed E-state index contributed by atoms with van der Waals surface area (Å²) in [4.78, 5) is 31.8. The van der Waals surface area contributed by atoms with Crippen molar-refractivity contribution in [1.82, 2.24) is 0 Å². The van der Waals surface area contributed by atoms with E-state index in [0.29, 0.717) is 0 Å². The molecular formula is C4H14N2Na3O16P5. The molecule has 0 saturated heterocycles. The maximum Gasteiger partial charge on any atom is 1.00 e. The smallest absolute Gasteiger partial charge is 0.790 e. The molecule has 0 aliphatic carbocycles. The molecule has 0 aliphatic rings. The molecule has 164 valence electrons. The fraction of sp³-hybridized carbons (Fsp3) is 1.00. The van der Waals surface area contributed by atoms with Crippen LogP contribution < -0.4 is 115 Å². The van der Waals surface area contributed by atoms with E-state index in [-0.39, 0.29) is 102 Å². The van der Waals surface area contributed by atoms with Crippen LogP contribution in [-0.2, 0) is 58.4 Å². The van der Waals surface area contributed by atoms with Crippen molar-refractivity contribution in [3.05, 3.63) is 0 Å². The Kier molecular flexibility index (Phi) is 23.3. The summed E-state index contributed by atoms with van der Waals surface area (Å²) in [6.45, 7) is 1.93. The summed E-state index contributed by atoms with van der Waals surface area (Å²) in [5.74, 6) is 9.06. The molecule has 0 rings (SSSR count). The second-order valence-electron chi connectivity index (χ2n) is 3.61. The van der Waals surface area contributed by atoms with Gasteiger partial charge < -0.3 is 19.2 Å². The molecule has 0 radical (unpaired) electrons. The summed E-state index contributed by atoms with van der Waals surface area (Å²) in [5.41, 5.74) is 0. The van der Waals surface area contributed by atoms with Crippen molar-refractivity contribution < 1.29 is 162 Å². The van der Waals surface area contributed by atoms with Gasteiger partial charge in [-0.05, 0) is 13.8 Å². The van der Waals surface area contributed by atoms with E-state index in [9.17, 15) is 37.5 Å². The van der Waals surface area contributed by atoms with Crippen molar-refractivity contribution in [2.75, 3.05) is 13.2 Å². The molecule has 3 unspecified atom stereocenters. The Bertz CT molecular complexity index is 720. The van der Waals surface area contributed by atoms with Gasteiger partial charge >= 0.3 is 112 Å². The van der Waals surface area contributed by atoms with Gasteiger partial charge in [0.2, 0.25) is 0 Å². The summed E-state index contributed by atoms with van der Waals surface area (Å²) in [6, 6.07) is 0. The molecule has 26 heteroatoms. The molecule has 18 nitrogen and oxygen atoms in total. The topological polar surface area (TPSA) is 280 Å². The molecule has 30 heavy (non-hydrogen) atoms. The molecule has 0 aromatic carbocycles. The molecule has 0 aliphatic heterocycles. The first kappa shape index (κ1) is 40.8. The van der Waals surface area contributed by atoms with E-state index in [1.54, 1.807) is 0 Å². The molecule has 4 N–H and O–H groups in total. The third-order valence-electron chi connectivity index (χ3n) is 1.63. The van der Waals surface area contributed by atoms with E-state index in [1.807, 2.05) is 0 Å². The first-order chi connectivity index (χ1) is 12.1. The Morgan fingerprint density at radius 3 is 1.27 bits per heavy atom. The minimum atomic E-state index is -6.26. The Morgan fingerprint density at radius 2 is 0.967 bits per heavy atom. The van der Waals surface area contributed by atoms with Gasteiger partial charge in [0.1, 0.15) is 0 Å². The molecule has 0 amide bonds. The summed E-state index contributed by atoms with van der Waals surface area (Å²) in [5, 5.41) is 0. The zero-order valence-electron chi connectivity index (χ0n) is 16.3. The van der Waals surface area contributed by atoms with Gasteiger partial charge in [0.25, 0.3) is 7.82 Å². The molecule has 0 bridgehead atoms. The van der Waals surface area contributed by atoms with Crippen LogP contribution in [0.5, 0.6) is 0 Å². The van der Waals surface area contributed by atoms with Crippen molar-refractivity contribution in [1.29, 1.82) is 0 Å². The van der Waals surface area contributed by atoms with Crippen LogP contribution >= 0.6 is 39.1 Å². The van der Waals surface area contributed by atoms with Gasteiger partial charge in [0, 0.05) is 0 Å². The third kappa shape index (κ3) is 17.1. The number of phosphoric ester groups is 1. The summed E-state index contributed by atoms with van der Waals surface area (Å²) < 4.78 is 88.8. The Morgan fingerprint density at radius 1 is 0.633 bits per heavy atom. The van der Waals surface area contributed by atoms with E-state index >= 15 is 0 Å².